The first-order chi connectivity index (χ1) is 8.58. The van der Waals surface area contributed by atoms with Crippen LogP contribution in [0.3, 0.4) is 0 Å². The van der Waals surface area contributed by atoms with Crippen LogP contribution in [0.2, 0.25) is 0 Å². The van der Waals surface area contributed by atoms with E-state index in [1.807, 2.05) is 6.07 Å². The largest absolute Gasteiger partial charge is 0.315 e. The molecule has 1 unspecified atom stereocenters. The maximum atomic E-state index is 10.9. The number of nitrogens with one attached hydrogen (secondary N) is 1. The topological polar surface area (TPSA) is 58.4 Å². The number of nitro benzene ring substituents is 1. The fourth-order valence-electron chi connectivity index (χ4n) is 2.23. The third kappa shape index (κ3) is 4.14. The van der Waals surface area contributed by atoms with Gasteiger partial charge in [0, 0.05) is 25.2 Å². The van der Waals surface area contributed by atoms with E-state index in [-0.39, 0.29) is 23.0 Å². The molecule has 1 aliphatic rings. The van der Waals surface area contributed by atoms with Crippen LogP contribution in [0.1, 0.15) is 12.0 Å². The predicted molar refractivity (Wildman–Crippen MR) is 80.8 cm³/mol. The third-order valence-corrected chi connectivity index (χ3v) is 3.97. The van der Waals surface area contributed by atoms with Gasteiger partial charge in [-0.3, -0.25) is 15.0 Å². The van der Waals surface area contributed by atoms with Crippen molar-refractivity contribution in [3.63, 3.8) is 0 Å². The molecule has 19 heavy (non-hydrogen) atoms. The lowest BCUT2D eigenvalue weighted by Gasteiger charge is -2.23. The quantitative estimate of drug-likeness (QED) is 0.670. The van der Waals surface area contributed by atoms with Crippen LogP contribution in [0.5, 0.6) is 0 Å². The monoisotopic (exact) mass is 349 g/mol. The van der Waals surface area contributed by atoms with Crippen molar-refractivity contribution in [3.05, 3.63) is 38.3 Å². The number of halogens is 2. The van der Waals surface area contributed by atoms with E-state index < -0.39 is 0 Å². The molecule has 106 valence electrons. The van der Waals surface area contributed by atoms with Crippen molar-refractivity contribution < 1.29 is 4.92 Å². The minimum Gasteiger partial charge on any atom is -0.315 e. The van der Waals surface area contributed by atoms with Gasteiger partial charge in [-0.1, -0.05) is 6.07 Å². The molecule has 0 aromatic heterocycles. The second-order valence-electron chi connectivity index (χ2n) is 4.60. The maximum absolute atomic E-state index is 10.9. The fraction of sp³-hybridized carbons (Fsp3) is 0.500. The average Bonchev–Trinajstić information content (AvgIpc) is 2.85. The SMILES string of the molecule is CN(Cc1ccc(Br)c([N+](=O)[O-])c1)C1CCNC1.Cl. The van der Waals surface area contributed by atoms with Gasteiger partial charge in [0.15, 0.2) is 0 Å². The molecule has 7 heteroatoms. The molecule has 0 aliphatic carbocycles. The van der Waals surface area contributed by atoms with E-state index in [1.165, 1.54) is 0 Å². The van der Waals surface area contributed by atoms with Crippen LogP contribution in [0.25, 0.3) is 0 Å². The van der Waals surface area contributed by atoms with Gasteiger partial charge in [-0.15, -0.1) is 12.4 Å². The molecule has 1 saturated heterocycles. The highest BCUT2D eigenvalue weighted by Gasteiger charge is 2.20. The first kappa shape index (κ1) is 16.4. The molecule has 0 bridgehead atoms. The lowest BCUT2D eigenvalue weighted by molar-refractivity contribution is -0.385. The first-order valence-corrected chi connectivity index (χ1v) is 6.71. The normalized spacial score (nSPS) is 18.4. The summed E-state index contributed by atoms with van der Waals surface area (Å²) in [6.45, 7) is 2.78. The Kier molecular flexibility index (Phi) is 6.19. The van der Waals surface area contributed by atoms with Gasteiger partial charge in [0.05, 0.1) is 9.40 Å². The van der Waals surface area contributed by atoms with Crippen molar-refractivity contribution in [1.82, 2.24) is 10.2 Å². The van der Waals surface area contributed by atoms with Crippen LogP contribution in [-0.2, 0) is 6.54 Å². The van der Waals surface area contributed by atoms with Gasteiger partial charge in [-0.05, 0) is 47.6 Å². The highest BCUT2D eigenvalue weighted by molar-refractivity contribution is 9.10. The molecule has 0 spiro atoms. The van der Waals surface area contributed by atoms with Crippen molar-refractivity contribution in [2.24, 2.45) is 0 Å². The first-order valence-electron chi connectivity index (χ1n) is 5.91. The summed E-state index contributed by atoms with van der Waals surface area (Å²) in [6.07, 6.45) is 1.13. The number of hydrogen-bond acceptors (Lipinski definition) is 4. The Labute approximate surface area is 127 Å². The Morgan fingerprint density at radius 1 is 1.58 bits per heavy atom. The van der Waals surface area contributed by atoms with Crippen molar-refractivity contribution in [2.75, 3.05) is 20.1 Å². The molecule has 1 aliphatic heterocycles. The summed E-state index contributed by atoms with van der Waals surface area (Å²) >= 11 is 3.20. The second-order valence-corrected chi connectivity index (χ2v) is 5.46. The van der Waals surface area contributed by atoms with Crippen molar-refractivity contribution in [3.8, 4) is 0 Å². The summed E-state index contributed by atoms with van der Waals surface area (Å²) < 4.78 is 0.529. The minimum atomic E-state index is -0.356. The summed E-state index contributed by atoms with van der Waals surface area (Å²) in [7, 11) is 2.06. The van der Waals surface area contributed by atoms with Crippen LogP contribution >= 0.6 is 28.3 Å². The summed E-state index contributed by atoms with van der Waals surface area (Å²) in [5.41, 5.74) is 1.10. The molecule has 1 fully saturated rings. The lowest BCUT2D eigenvalue weighted by Crippen LogP contribution is -2.32. The summed E-state index contributed by atoms with van der Waals surface area (Å²) in [4.78, 5) is 12.8. The average molecular weight is 351 g/mol. The molecule has 0 saturated carbocycles. The molecule has 0 amide bonds. The number of hydrogen-bond donors (Lipinski definition) is 1. The molecular formula is C12H17BrClN3O2. The zero-order valence-electron chi connectivity index (χ0n) is 10.6. The Hall–Kier alpha value is -0.690. The Morgan fingerprint density at radius 3 is 2.89 bits per heavy atom. The Morgan fingerprint density at radius 2 is 2.32 bits per heavy atom. The van der Waals surface area contributed by atoms with Gasteiger partial charge in [0.1, 0.15) is 0 Å². The van der Waals surface area contributed by atoms with Crippen LogP contribution < -0.4 is 5.32 Å². The van der Waals surface area contributed by atoms with Gasteiger partial charge >= 0.3 is 0 Å². The predicted octanol–water partition coefficient (Wildman–Crippen LogP) is 2.57. The van der Waals surface area contributed by atoms with Crippen LogP contribution in [0.4, 0.5) is 5.69 Å². The van der Waals surface area contributed by atoms with Crippen molar-refractivity contribution in [2.45, 2.75) is 19.0 Å². The van der Waals surface area contributed by atoms with Crippen molar-refractivity contribution in [1.29, 1.82) is 0 Å². The van der Waals surface area contributed by atoms with Crippen molar-refractivity contribution >= 4 is 34.0 Å². The van der Waals surface area contributed by atoms with E-state index in [0.717, 1.165) is 31.6 Å². The molecule has 0 radical (unpaired) electrons. The zero-order chi connectivity index (χ0) is 13.1. The minimum absolute atomic E-state index is 0. The van der Waals surface area contributed by atoms with E-state index in [1.54, 1.807) is 12.1 Å². The maximum Gasteiger partial charge on any atom is 0.283 e. The summed E-state index contributed by atoms with van der Waals surface area (Å²) in [6, 6.07) is 5.83. The van der Waals surface area contributed by atoms with Crippen LogP contribution in [-0.4, -0.2) is 36.0 Å². The van der Waals surface area contributed by atoms with E-state index in [4.69, 9.17) is 0 Å². The molecule has 1 atom stereocenters. The van der Waals surface area contributed by atoms with Gasteiger partial charge < -0.3 is 5.32 Å². The highest BCUT2D eigenvalue weighted by Crippen LogP contribution is 2.26. The van der Waals surface area contributed by atoms with E-state index in [9.17, 15) is 10.1 Å². The molecule has 2 rings (SSSR count). The standard InChI is InChI=1S/C12H16BrN3O2.ClH/c1-15(10-4-5-14-7-10)8-9-2-3-11(13)12(6-9)16(17)18;/h2-3,6,10,14H,4-5,7-8H2,1H3;1H. The zero-order valence-corrected chi connectivity index (χ0v) is 13.0. The van der Waals surface area contributed by atoms with Crippen LogP contribution in [0.15, 0.2) is 22.7 Å². The smallest absolute Gasteiger partial charge is 0.283 e. The molecule has 5 nitrogen and oxygen atoms in total. The molecule has 1 aromatic rings. The summed E-state index contributed by atoms with van der Waals surface area (Å²) in [5, 5.41) is 14.2. The lowest BCUT2D eigenvalue weighted by atomic mass is 10.1. The molecule has 1 heterocycles. The van der Waals surface area contributed by atoms with Gasteiger partial charge in [-0.2, -0.15) is 0 Å². The van der Waals surface area contributed by atoms with Gasteiger partial charge in [0.25, 0.3) is 5.69 Å². The highest BCUT2D eigenvalue weighted by atomic mass is 79.9. The number of nitrogens with zero attached hydrogens (tertiary/aromatic N) is 2. The molecule has 1 N–H and O–H groups in total. The number of benzene rings is 1. The van der Waals surface area contributed by atoms with Crippen LogP contribution in [0, 0.1) is 10.1 Å². The Balaban J connectivity index is 0.00000180. The van der Waals surface area contributed by atoms with E-state index in [2.05, 4.69) is 33.2 Å². The third-order valence-electron chi connectivity index (χ3n) is 3.30. The van der Waals surface area contributed by atoms with Gasteiger partial charge in [0.2, 0.25) is 0 Å². The summed E-state index contributed by atoms with van der Waals surface area (Å²) in [5.74, 6) is 0. The van der Waals surface area contributed by atoms with Gasteiger partial charge in [-0.25, -0.2) is 0 Å². The number of nitro groups is 1. The number of rotatable bonds is 4. The number of likely N-dealkylation sites (N-methyl/N-ethyl adjacent to an activating group) is 1. The molecular weight excluding hydrogens is 334 g/mol. The molecule has 1 aromatic carbocycles. The second kappa shape index (κ2) is 7.19. The Bertz CT molecular complexity index is 453. The van der Waals surface area contributed by atoms with E-state index >= 15 is 0 Å². The van der Waals surface area contributed by atoms with E-state index in [0.29, 0.717) is 10.5 Å². The fourth-order valence-corrected chi connectivity index (χ4v) is 2.62.